The van der Waals surface area contributed by atoms with Crippen LogP contribution in [0.1, 0.15) is 40.5 Å². The number of allylic oxidation sites excluding steroid dienone is 1. The van der Waals surface area contributed by atoms with Gasteiger partial charge >= 0.3 is 11.9 Å². The van der Waals surface area contributed by atoms with Gasteiger partial charge < -0.3 is 93.7 Å². The van der Waals surface area contributed by atoms with Gasteiger partial charge in [-0.05, 0) is 33.6 Å². The first kappa shape index (κ1) is 45.4. The zero-order valence-corrected chi connectivity index (χ0v) is 30.8. The minimum absolute atomic E-state index is 0.0611. The Labute approximate surface area is 316 Å². The van der Waals surface area contributed by atoms with Crippen LogP contribution in [0.15, 0.2) is 24.3 Å². The number of hydrogen-bond donors (Lipinski definition) is 10. The number of hydrogen-bond acceptors (Lipinski definition) is 21. The van der Waals surface area contributed by atoms with Gasteiger partial charge in [0.15, 0.2) is 31.1 Å². The van der Waals surface area contributed by atoms with E-state index < -0.39 is 148 Å². The Morgan fingerprint density at radius 3 is 1.93 bits per heavy atom. The molecule has 0 amide bonds. The maximum atomic E-state index is 13.2. The first-order valence-corrected chi connectivity index (χ1v) is 17.8. The molecule has 4 rings (SSSR count). The van der Waals surface area contributed by atoms with E-state index in [1.807, 2.05) is 0 Å². The average Bonchev–Trinajstić information content (AvgIpc) is 3.13. The van der Waals surface area contributed by atoms with Crippen LogP contribution in [0.25, 0.3) is 0 Å². The van der Waals surface area contributed by atoms with Crippen molar-refractivity contribution in [2.45, 2.75) is 157 Å². The van der Waals surface area contributed by atoms with Gasteiger partial charge in [-0.15, -0.1) is 6.58 Å². The molecule has 4 fully saturated rings. The molecule has 19 atom stereocenters. The molecule has 21 nitrogen and oxygen atoms in total. The molecule has 0 aromatic heterocycles. The zero-order valence-electron chi connectivity index (χ0n) is 30.8. The SMILES string of the molecule is C=CC(C)(O)CC/C=C(\C)C(=O)O[C@H]1[C@H](O)[C@@H](CO)OC(OC(C)=O)[C@@H]1OC1OC(C)C(OC2OC[C@@H](O)[C@H](OC3OC[C@@H](O)[C@H](O)[C@H]3O)[C@H]2O)C(O)C1O. The summed E-state index contributed by atoms with van der Waals surface area (Å²) in [5.41, 5.74) is -1.14. The highest BCUT2D eigenvalue weighted by atomic mass is 16.8. The number of esters is 2. The van der Waals surface area contributed by atoms with Gasteiger partial charge in [-0.25, -0.2) is 4.79 Å². The van der Waals surface area contributed by atoms with Crippen LogP contribution in [0, 0.1) is 0 Å². The Morgan fingerprint density at radius 2 is 1.31 bits per heavy atom. The maximum Gasteiger partial charge on any atom is 0.333 e. The molecular weight excluding hydrogens is 744 g/mol. The number of carbonyl (C=O) groups is 2. The molecule has 0 radical (unpaired) electrons. The molecular formula is C34H54O21. The molecule has 0 aliphatic carbocycles. The van der Waals surface area contributed by atoms with Gasteiger partial charge in [-0.3, -0.25) is 4.79 Å². The van der Waals surface area contributed by atoms with Crippen molar-refractivity contribution < 1.29 is 103 Å². The molecule has 10 N–H and O–H groups in total. The van der Waals surface area contributed by atoms with Gasteiger partial charge in [-0.1, -0.05) is 12.2 Å². The highest BCUT2D eigenvalue weighted by Crippen LogP contribution is 2.34. The summed E-state index contributed by atoms with van der Waals surface area (Å²) in [7, 11) is 0. The summed E-state index contributed by atoms with van der Waals surface area (Å²) in [6, 6.07) is 0. The molecule has 4 aliphatic rings. The smallest absolute Gasteiger partial charge is 0.333 e. The average molecular weight is 799 g/mol. The predicted molar refractivity (Wildman–Crippen MR) is 178 cm³/mol. The number of aliphatic hydroxyl groups excluding tert-OH is 9. The van der Waals surface area contributed by atoms with E-state index in [9.17, 15) is 60.7 Å². The van der Waals surface area contributed by atoms with Gasteiger partial charge in [0, 0.05) is 12.5 Å². The van der Waals surface area contributed by atoms with E-state index >= 15 is 0 Å². The minimum atomic E-state index is -1.97. The van der Waals surface area contributed by atoms with E-state index in [1.54, 1.807) is 0 Å². The summed E-state index contributed by atoms with van der Waals surface area (Å²) in [5, 5.41) is 105. The first-order valence-electron chi connectivity index (χ1n) is 17.8. The molecule has 316 valence electrons. The third-order valence-corrected chi connectivity index (χ3v) is 9.72. The number of ether oxygens (including phenoxy) is 9. The highest BCUT2D eigenvalue weighted by molar-refractivity contribution is 5.87. The fourth-order valence-electron chi connectivity index (χ4n) is 6.29. The standard InChI is InChI=1S/C34H54O21/c1-6-34(5,46)9-7-8-13(2)29(45)52-27-20(40)18(10-35)51-33(50-15(4)36)28(27)55-32-23(43)21(41)25(14(3)49-32)53-31-24(44)26(17(38)12-48-31)54-30-22(42)19(39)16(37)11-47-30/h6,8,14,16-28,30-33,35,37-44,46H,1,7,9-12H2,2-5H3/b13-8+/t14?,16-,17-,18-,19+,20-,21?,22-,23?,24-,25?,26+,27+,28-,30?,31?,32?,33?,34?/m1/s1. The fraction of sp³-hybridized carbons (Fsp3) is 0.824. The van der Waals surface area contributed by atoms with Crippen LogP contribution in [0.5, 0.6) is 0 Å². The number of aliphatic hydroxyl groups is 10. The Kier molecular flexibility index (Phi) is 16.1. The highest BCUT2D eigenvalue weighted by Gasteiger charge is 2.55. The van der Waals surface area contributed by atoms with Crippen molar-refractivity contribution in [1.29, 1.82) is 0 Å². The molecule has 4 saturated heterocycles. The van der Waals surface area contributed by atoms with Crippen LogP contribution in [0.4, 0.5) is 0 Å². The Bertz CT molecular complexity index is 1310. The molecule has 0 spiro atoms. The molecule has 55 heavy (non-hydrogen) atoms. The first-order chi connectivity index (χ1) is 25.8. The van der Waals surface area contributed by atoms with Crippen LogP contribution in [0.3, 0.4) is 0 Å². The second-order valence-electron chi connectivity index (χ2n) is 14.2. The Balaban J connectivity index is 1.48. The van der Waals surface area contributed by atoms with Gasteiger partial charge in [-0.2, -0.15) is 0 Å². The lowest BCUT2D eigenvalue weighted by Crippen LogP contribution is -2.66. The lowest BCUT2D eigenvalue weighted by atomic mass is 9.96. The van der Waals surface area contributed by atoms with Crippen LogP contribution in [-0.2, 0) is 52.2 Å². The molecule has 21 heteroatoms. The fourth-order valence-corrected chi connectivity index (χ4v) is 6.29. The minimum Gasteiger partial charge on any atom is -0.453 e. The van der Waals surface area contributed by atoms with E-state index in [2.05, 4.69) is 6.58 Å². The molecule has 0 aromatic rings. The summed E-state index contributed by atoms with van der Waals surface area (Å²) in [4.78, 5) is 25.2. The van der Waals surface area contributed by atoms with E-state index in [1.165, 1.54) is 32.9 Å². The number of rotatable bonds is 14. The van der Waals surface area contributed by atoms with Crippen molar-refractivity contribution in [3.63, 3.8) is 0 Å². The van der Waals surface area contributed by atoms with Crippen LogP contribution in [-0.4, -0.2) is 199 Å². The van der Waals surface area contributed by atoms with Gasteiger partial charge in [0.2, 0.25) is 6.29 Å². The van der Waals surface area contributed by atoms with Crippen LogP contribution < -0.4 is 0 Å². The Hall–Kier alpha value is -2.26. The molecule has 0 aromatic carbocycles. The molecule has 0 saturated carbocycles. The summed E-state index contributed by atoms with van der Waals surface area (Å²) >= 11 is 0. The summed E-state index contributed by atoms with van der Waals surface area (Å²) in [6.07, 6.45) is -26.2. The van der Waals surface area contributed by atoms with Crippen molar-refractivity contribution in [2.24, 2.45) is 0 Å². The Morgan fingerprint density at radius 1 is 0.727 bits per heavy atom. The largest absolute Gasteiger partial charge is 0.453 e. The third-order valence-electron chi connectivity index (χ3n) is 9.72. The van der Waals surface area contributed by atoms with Gasteiger partial charge in [0.1, 0.15) is 67.1 Å². The zero-order chi connectivity index (χ0) is 40.9. The monoisotopic (exact) mass is 798 g/mol. The maximum absolute atomic E-state index is 13.2. The van der Waals surface area contributed by atoms with E-state index in [4.69, 9.17) is 42.6 Å². The lowest BCUT2D eigenvalue weighted by Gasteiger charge is -2.48. The second kappa shape index (κ2) is 19.5. The van der Waals surface area contributed by atoms with Gasteiger partial charge in [0.05, 0.1) is 31.5 Å². The van der Waals surface area contributed by atoms with Crippen molar-refractivity contribution in [1.82, 2.24) is 0 Å². The van der Waals surface area contributed by atoms with Gasteiger partial charge in [0.25, 0.3) is 0 Å². The lowest BCUT2D eigenvalue weighted by molar-refractivity contribution is -0.379. The predicted octanol–water partition coefficient (Wildman–Crippen LogP) is -4.66. The molecule has 4 heterocycles. The van der Waals surface area contributed by atoms with E-state index in [0.29, 0.717) is 0 Å². The van der Waals surface area contributed by atoms with E-state index in [0.717, 1.165) is 6.92 Å². The summed E-state index contributed by atoms with van der Waals surface area (Å²) in [5.74, 6) is -1.86. The topological polar surface area (TPSA) is 320 Å². The van der Waals surface area contributed by atoms with Crippen molar-refractivity contribution >= 4 is 11.9 Å². The second-order valence-corrected chi connectivity index (χ2v) is 14.2. The van der Waals surface area contributed by atoms with E-state index in [-0.39, 0.29) is 18.4 Å². The molecule has 9 unspecified atom stereocenters. The quantitative estimate of drug-likeness (QED) is 0.0449. The third kappa shape index (κ3) is 11.0. The number of carbonyl (C=O) groups excluding carboxylic acids is 2. The van der Waals surface area contributed by atoms with Crippen molar-refractivity contribution in [2.75, 3.05) is 19.8 Å². The summed E-state index contributed by atoms with van der Waals surface area (Å²) < 4.78 is 50.0. The molecule has 4 aliphatic heterocycles. The van der Waals surface area contributed by atoms with Crippen LogP contribution >= 0.6 is 0 Å². The van der Waals surface area contributed by atoms with Crippen molar-refractivity contribution in [3.05, 3.63) is 24.3 Å². The molecule has 0 bridgehead atoms. The van der Waals surface area contributed by atoms with Crippen LogP contribution in [0.2, 0.25) is 0 Å². The summed E-state index contributed by atoms with van der Waals surface area (Å²) in [6.45, 7) is 7.21. The normalized spacial score (nSPS) is 43.9. The van der Waals surface area contributed by atoms with Crippen molar-refractivity contribution in [3.8, 4) is 0 Å².